The van der Waals surface area contributed by atoms with Gasteiger partial charge in [0.15, 0.2) is 5.76 Å². The zero-order valence-corrected chi connectivity index (χ0v) is 19.4. The predicted molar refractivity (Wildman–Crippen MR) is 127 cm³/mol. The van der Waals surface area contributed by atoms with Crippen molar-refractivity contribution in [2.24, 2.45) is 0 Å². The molecule has 1 N–H and O–H groups in total. The number of hydrogen-bond donors (Lipinski definition) is 1. The number of likely N-dealkylation sites (tertiary alicyclic amines) is 1. The Balaban J connectivity index is 1.54. The Kier molecular flexibility index (Phi) is 5.94. The first-order valence-electron chi connectivity index (χ1n) is 11.4. The molecular weight excluding hydrogens is 384 g/mol. The van der Waals surface area contributed by atoms with E-state index in [-0.39, 0.29) is 17.4 Å². The lowest BCUT2D eigenvalue weighted by Gasteiger charge is -2.29. The lowest BCUT2D eigenvalue weighted by Crippen LogP contribution is -2.37. The lowest BCUT2D eigenvalue weighted by atomic mass is 9.86. The molecule has 1 atom stereocenters. The number of rotatable bonds is 5. The van der Waals surface area contributed by atoms with Crippen molar-refractivity contribution in [2.45, 2.75) is 58.9 Å². The summed E-state index contributed by atoms with van der Waals surface area (Å²) >= 11 is 0. The van der Waals surface area contributed by atoms with Crippen LogP contribution in [0.1, 0.15) is 72.5 Å². The van der Waals surface area contributed by atoms with E-state index in [2.05, 4.69) is 61.3 Å². The Hall–Kier alpha value is -2.59. The van der Waals surface area contributed by atoms with Gasteiger partial charge in [-0.25, -0.2) is 0 Å². The Labute approximate surface area is 185 Å². The molecule has 0 unspecified atom stereocenters. The molecule has 0 bridgehead atoms. The minimum Gasteiger partial charge on any atom is -0.451 e. The predicted octanol–water partition coefficient (Wildman–Crippen LogP) is 5.91. The summed E-state index contributed by atoms with van der Waals surface area (Å²) in [7, 11) is 0. The minimum atomic E-state index is -0.137. The molecule has 3 aromatic rings. The van der Waals surface area contributed by atoms with Crippen LogP contribution in [0.25, 0.3) is 11.0 Å². The molecule has 4 rings (SSSR count). The van der Waals surface area contributed by atoms with Gasteiger partial charge in [0.2, 0.25) is 0 Å². The molecule has 4 heteroatoms. The third-order valence-corrected chi connectivity index (χ3v) is 6.50. The van der Waals surface area contributed by atoms with E-state index in [0.717, 1.165) is 35.2 Å². The van der Waals surface area contributed by atoms with Gasteiger partial charge in [-0.2, -0.15) is 0 Å². The van der Waals surface area contributed by atoms with Crippen molar-refractivity contribution in [2.75, 3.05) is 19.6 Å². The average Bonchev–Trinajstić information content (AvgIpc) is 3.36. The fourth-order valence-electron chi connectivity index (χ4n) is 4.54. The van der Waals surface area contributed by atoms with Crippen molar-refractivity contribution in [1.29, 1.82) is 0 Å². The zero-order chi connectivity index (χ0) is 22.2. The van der Waals surface area contributed by atoms with Gasteiger partial charge in [0.1, 0.15) is 5.58 Å². The zero-order valence-electron chi connectivity index (χ0n) is 19.4. The summed E-state index contributed by atoms with van der Waals surface area (Å²) in [5.74, 6) is 0.283. The fraction of sp³-hybridized carbons (Fsp3) is 0.444. The summed E-state index contributed by atoms with van der Waals surface area (Å²) in [4.78, 5) is 15.5. The number of nitrogens with one attached hydrogen (secondary N) is 1. The maximum Gasteiger partial charge on any atom is 0.287 e. The lowest BCUT2D eigenvalue weighted by molar-refractivity contribution is 0.0911. The molecule has 1 aromatic heterocycles. The Bertz CT molecular complexity index is 1070. The van der Waals surface area contributed by atoms with Crippen molar-refractivity contribution in [3.8, 4) is 0 Å². The van der Waals surface area contributed by atoms with Crippen LogP contribution in [0.4, 0.5) is 0 Å². The SMILES string of the molecule is Cc1ccc2c(C)c(C(=O)NC[C@H](c3ccc(C(C)(C)C)cc3)N3CCCC3)oc2c1. The van der Waals surface area contributed by atoms with Crippen molar-refractivity contribution in [3.05, 3.63) is 70.5 Å². The van der Waals surface area contributed by atoms with Gasteiger partial charge >= 0.3 is 0 Å². The Morgan fingerprint density at radius 3 is 2.39 bits per heavy atom. The van der Waals surface area contributed by atoms with Gasteiger partial charge in [0.25, 0.3) is 5.91 Å². The summed E-state index contributed by atoms with van der Waals surface area (Å²) in [6, 6.07) is 15.2. The summed E-state index contributed by atoms with van der Waals surface area (Å²) in [6.45, 7) is 13.4. The smallest absolute Gasteiger partial charge is 0.287 e. The van der Waals surface area contributed by atoms with Crippen molar-refractivity contribution in [1.82, 2.24) is 10.2 Å². The summed E-state index contributed by atoms with van der Waals surface area (Å²) in [6.07, 6.45) is 2.43. The van der Waals surface area contributed by atoms with E-state index in [1.165, 1.54) is 24.0 Å². The van der Waals surface area contributed by atoms with Crippen molar-refractivity contribution in [3.63, 3.8) is 0 Å². The van der Waals surface area contributed by atoms with Gasteiger partial charge in [-0.15, -0.1) is 0 Å². The van der Waals surface area contributed by atoms with Crippen LogP contribution in [0.2, 0.25) is 0 Å². The number of furan rings is 1. The third-order valence-electron chi connectivity index (χ3n) is 6.50. The first kappa shape index (κ1) is 21.6. The van der Waals surface area contributed by atoms with Crippen LogP contribution in [-0.2, 0) is 5.41 Å². The molecule has 1 aliphatic rings. The van der Waals surface area contributed by atoms with Crippen molar-refractivity contribution < 1.29 is 9.21 Å². The molecule has 0 saturated carbocycles. The van der Waals surface area contributed by atoms with Gasteiger partial charge in [-0.1, -0.05) is 57.2 Å². The first-order chi connectivity index (χ1) is 14.7. The molecular formula is C27H34N2O2. The number of benzene rings is 2. The monoisotopic (exact) mass is 418 g/mol. The largest absolute Gasteiger partial charge is 0.451 e. The van der Waals surface area contributed by atoms with E-state index < -0.39 is 0 Å². The highest BCUT2D eigenvalue weighted by molar-refractivity contribution is 5.99. The molecule has 164 valence electrons. The Morgan fingerprint density at radius 1 is 1.06 bits per heavy atom. The number of fused-ring (bicyclic) bond motifs is 1. The highest BCUT2D eigenvalue weighted by Crippen LogP contribution is 2.29. The number of aryl methyl sites for hydroxylation is 2. The highest BCUT2D eigenvalue weighted by Gasteiger charge is 2.26. The molecule has 1 amide bonds. The number of hydrogen-bond acceptors (Lipinski definition) is 3. The van der Waals surface area contributed by atoms with Crippen LogP contribution >= 0.6 is 0 Å². The molecule has 4 nitrogen and oxygen atoms in total. The van der Waals surface area contributed by atoms with Crippen LogP contribution in [0, 0.1) is 13.8 Å². The van der Waals surface area contributed by atoms with Crippen LogP contribution in [-0.4, -0.2) is 30.4 Å². The van der Waals surface area contributed by atoms with E-state index in [9.17, 15) is 4.79 Å². The van der Waals surface area contributed by atoms with Crippen LogP contribution < -0.4 is 5.32 Å². The molecule has 1 aliphatic heterocycles. The standard InChI is InChI=1S/C27H34N2O2/c1-18-8-13-22-19(2)25(31-24(22)16-18)26(30)28-17-23(29-14-6-7-15-29)20-9-11-21(12-10-20)27(3,4)5/h8-13,16,23H,6-7,14-15,17H2,1-5H3,(H,28,30)/t23-/m1/s1. The number of nitrogens with zero attached hydrogens (tertiary/aromatic N) is 1. The summed E-state index contributed by atoms with van der Waals surface area (Å²) in [5.41, 5.74) is 5.52. The quantitative estimate of drug-likeness (QED) is 0.560. The first-order valence-corrected chi connectivity index (χ1v) is 11.4. The second-order valence-electron chi connectivity index (χ2n) is 9.90. The molecule has 31 heavy (non-hydrogen) atoms. The van der Waals surface area contributed by atoms with E-state index in [1.54, 1.807) is 0 Å². The van der Waals surface area contributed by atoms with Crippen LogP contribution in [0.5, 0.6) is 0 Å². The molecule has 2 heterocycles. The van der Waals surface area contributed by atoms with Crippen LogP contribution in [0.3, 0.4) is 0 Å². The van der Waals surface area contributed by atoms with Gasteiger partial charge in [-0.3, -0.25) is 9.69 Å². The van der Waals surface area contributed by atoms with E-state index >= 15 is 0 Å². The topological polar surface area (TPSA) is 45.5 Å². The van der Waals surface area contributed by atoms with E-state index in [0.29, 0.717) is 12.3 Å². The molecule has 1 saturated heterocycles. The fourth-order valence-corrected chi connectivity index (χ4v) is 4.54. The maximum atomic E-state index is 13.0. The summed E-state index contributed by atoms with van der Waals surface area (Å²) in [5, 5.41) is 4.17. The third kappa shape index (κ3) is 4.54. The molecule has 0 radical (unpaired) electrons. The van der Waals surface area contributed by atoms with E-state index in [4.69, 9.17) is 4.42 Å². The molecule has 0 aliphatic carbocycles. The number of carbonyl (C=O) groups is 1. The van der Waals surface area contributed by atoms with Gasteiger partial charge in [0.05, 0.1) is 6.04 Å². The molecule has 2 aromatic carbocycles. The number of amides is 1. The normalized spacial score (nSPS) is 16.0. The van der Waals surface area contributed by atoms with Gasteiger partial charge in [-0.05, 0) is 68.0 Å². The van der Waals surface area contributed by atoms with Gasteiger partial charge in [0, 0.05) is 17.5 Å². The molecule has 1 fully saturated rings. The Morgan fingerprint density at radius 2 is 1.74 bits per heavy atom. The van der Waals surface area contributed by atoms with Crippen LogP contribution in [0.15, 0.2) is 46.9 Å². The van der Waals surface area contributed by atoms with Crippen molar-refractivity contribution >= 4 is 16.9 Å². The average molecular weight is 419 g/mol. The second kappa shape index (κ2) is 8.51. The van der Waals surface area contributed by atoms with Gasteiger partial charge < -0.3 is 9.73 Å². The second-order valence-corrected chi connectivity index (χ2v) is 9.90. The number of carbonyl (C=O) groups excluding carboxylic acids is 1. The van der Waals surface area contributed by atoms with E-state index in [1.807, 2.05) is 26.0 Å². The summed E-state index contributed by atoms with van der Waals surface area (Å²) < 4.78 is 5.93. The molecule has 0 spiro atoms. The highest BCUT2D eigenvalue weighted by atomic mass is 16.3. The minimum absolute atomic E-state index is 0.132. The maximum absolute atomic E-state index is 13.0.